The zero-order valence-corrected chi connectivity index (χ0v) is 12.1. The summed E-state index contributed by atoms with van der Waals surface area (Å²) >= 11 is 3.23. The van der Waals surface area contributed by atoms with E-state index in [1.807, 2.05) is 20.8 Å². The standard InChI is InChI=1S/C12H18BrNOS/c1-9(8-16(15)12(2,3)4)10-5-6-14-11(13)7-10/h5-7,9H,8H2,1-4H3/t9-,16+/m1/s1/i1D3. The van der Waals surface area contributed by atoms with Crippen LogP contribution in [-0.4, -0.2) is 19.7 Å². The fourth-order valence-electron chi connectivity index (χ4n) is 1.13. The van der Waals surface area contributed by atoms with Crippen molar-refractivity contribution in [1.29, 1.82) is 0 Å². The number of pyridine rings is 1. The van der Waals surface area contributed by atoms with Crippen LogP contribution in [0.2, 0.25) is 0 Å². The summed E-state index contributed by atoms with van der Waals surface area (Å²) in [6.07, 6.45) is 1.55. The van der Waals surface area contributed by atoms with Gasteiger partial charge in [0.25, 0.3) is 0 Å². The van der Waals surface area contributed by atoms with E-state index in [0.29, 0.717) is 10.2 Å². The molecule has 0 aromatic carbocycles. The Bertz CT molecular complexity index is 471. The second kappa shape index (κ2) is 5.41. The molecule has 0 saturated heterocycles. The molecule has 2 nitrogen and oxygen atoms in total. The van der Waals surface area contributed by atoms with Crippen LogP contribution in [0.4, 0.5) is 0 Å². The number of halogens is 1. The predicted octanol–water partition coefficient (Wildman–Crippen LogP) is 3.49. The highest BCUT2D eigenvalue weighted by Crippen LogP contribution is 2.22. The molecule has 1 aromatic heterocycles. The van der Waals surface area contributed by atoms with Crippen LogP contribution in [-0.2, 0) is 10.8 Å². The van der Waals surface area contributed by atoms with E-state index in [-0.39, 0.29) is 5.75 Å². The molecule has 0 aliphatic heterocycles. The first kappa shape index (κ1) is 9.77. The molecule has 0 unspecified atom stereocenters. The number of rotatable bonds is 3. The highest BCUT2D eigenvalue weighted by atomic mass is 79.9. The summed E-state index contributed by atoms with van der Waals surface area (Å²) in [6.45, 7) is 3.37. The molecule has 0 fully saturated rings. The number of nitrogens with zero attached hydrogens (tertiary/aromatic N) is 1. The van der Waals surface area contributed by atoms with E-state index in [1.165, 1.54) is 0 Å². The van der Waals surface area contributed by atoms with Crippen molar-refractivity contribution < 1.29 is 8.32 Å². The zero-order chi connectivity index (χ0) is 14.8. The summed E-state index contributed by atoms with van der Waals surface area (Å²) in [7, 11) is -1.22. The van der Waals surface area contributed by atoms with Crippen LogP contribution in [0.3, 0.4) is 0 Å². The maximum atomic E-state index is 12.2. The van der Waals surface area contributed by atoms with Gasteiger partial charge in [-0.15, -0.1) is 0 Å². The van der Waals surface area contributed by atoms with Gasteiger partial charge in [-0.05, 0) is 60.3 Å². The number of aromatic nitrogens is 1. The summed E-state index contributed by atoms with van der Waals surface area (Å²) in [4.78, 5) is 3.99. The molecule has 2 atom stereocenters. The van der Waals surface area contributed by atoms with Gasteiger partial charge >= 0.3 is 0 Å². The smallest absolute Gasteiger partial charge is 0.106 e. The second-order valence-corrected chi connectivity index (χ2v) is 7.65. The Kier molecular flexibility index (Phi) is 3.30. The van der Waals surface area contributed by atoms with Gasteiger partial charge in [-0.3, -0.25) is 4.21 Å². The largest absolute Gasteiger partial charge is 0.259 e. The highest BCUT2D eigenvalue weighted by Gasteiger charge is 2.22. The summed E-state index contributed by atoms with van der Waals surface area (Å²) in [5.74, 6) is -0.622. The lowest BCUT2D eigenvalue weighted by Gasteiger charge is -2.21. The van der Waals surface area contributed by atoms with Crippen LogP contribution in [0, 0.1) is 0 Å². The lowest BCUT2D eigenvalue weighted by atomic mass is 10.1. The van der Waals surface area contributed by atoms with E-state index >= 15 is 0 Å². The van der Waals surface area contributed by atoms with E-state index in [2.05, 4.69) is 20.9 Å². The van der Waals surface area contributed by atoms with Crippen molar-refractivity contribution in [3.8, 4) is 0 Å². The molecule has 0 spiro atoms. The van der Waals surface area contributed by atoms with Gasteiger partial charge in [-0.25, -0.2) is 4.98 Å². The molecule has 0 N–H and O–H groups in total. The molecule has 1 heterocycles. The maximum Gasteiger partial charge on any atom is 0.106 e. The van der Waals surface area contributed by atoms with E-state index < -0.39 is 28.3 Å². The summed E-state index contributed by atoms with van der Waals surface area (Å²) < 4.78 is 35.3. The summed E-state index contributed by atoms with van der Waals surface area (Å²) in [5.41, 5.74) is 0.638. The van der Waals surface area contributed by atoms with Crippen molar-refractivity contribution in [2.45, 2.75) is 38.3 Å². The SMILES string of the molecule is [2H]C([2H])([2H])[C@H](C[S@](=O)C(C)(C)C)c1ccnc(Br)c1. The normalized spacial score (nSPS) is 19.4. The third-order valence-corrected chi connectivity index (χ3v) is 4.59. The number of hydrogen-bond acceptors (Lipinski definition) is 2. The van der Waals surface area contributed by atoms with Gasteiger partial charge in [0.1, 0.15) is 4.60 Å². The highest BCUT2D eigenvalue weighted by molar-refractivity contribution is 9.10. The van der Waals surface area contributed by atoms with Crippen LogP contribution in [0.15, 0.2) is 22.9 Å². The van der Waals surface area contributed by atoms with Crippen molar-refractivity contribution in [1.82, 2.24) is 4.98 Å². The van der Waals surface area contributed by atoms with Gasteiger partial charge in [0.2, 0.25) is 0 Å². The molecule has 16 heavy (non-hydrogen) atoms. The fraction of sp³-hybridized carbons (Fsp3) is 0.583. The topological polar surface area (TPSA) is 30.0 Å². The Labute approximate surface area is 113 Å². The van der Waals surface area contributed by atoms with E-state index in [9.17, 15) is 4.21 Å². The second-order valence-electron chi connectivity index (χ2n) is 4.59. The average Bonchev–Trinajstić information content (AvgIpc) is 2.22. The van der Waals surface area contributed by atoms with Gasteiger partial charge in [-0.1, -0.05) is 6.85 Å². The lowest BCUT2D eigenvalue weighted by Crippen LogP contribution is -2.26. The van der Waals surface area contributed by atoms with E-state index in [0.717, 1.165) is 0 Å². The molecule has 90 valence electrons. The Morgan fingerprint density at radius 1 is 1.62 bits per heavy atom. The van der Waals surface area contributed by atoms with Gasteiger partial charge < -0.3 is 0 Å². The van der Waals surface area contributed by atoms with Crippen molar-refractivity contribution in [3.05, 3.63) is 28.5 Å². The minimum atomic E-state index is -2.18. The zero-order valence-electron chi connectivity index (χ0n) is 12.7. The third kappa shape index (κ3) is 3.98. The Hall–Kier alpha value is -0.220. The first-order valence-corrected chi connectivity index (χ1v) is 7.13. The molecule has 0 aliphatic carbocycles. The van der Waals surface area contributed by atoms with E-state index in [4.69, 9.17) is 4.11 Å². The van der Waals surface area contributed by atoms with Crippen LogP contribution in [0.1, 0.15) is 43.2 Å². The Morgan fingerprint density at radius 3 is 2.81 bits per heavy atom. The molecule has 1 rings (SSSR count). The van der Waals surface area contributed by atoms with Crippen molar-refractivity contribution in [3.63, 3.8) is 0 Å². The van der Waals surface area contributed by atoms with Crippen LogP contribution in [0.5, 0.6) is 0 Å². The minimum absolute atomic E-state index is 0.121. The molecule has 0 aliphatic rings. The van der Waals surface area contributed by atoms with Gasteiger partial charge in [0.05, 0.1) is 0 Å². The predicted molar refractivity (Wildman–Crippen MR) is 73.1 cm³/mol. The summed E-state index contributed by atoms with van der Waals surface area (Å²) in [6, 6.07) is 3.35. The molecular formula is C12H18BrNOS. The third-order valence-electron chi connectivity index (χ3n) is 2.15. The first-order valence-electron chi connectivity index (χ1n) is 6.52. The molecule has 0 amide bonds. The quantitative estimate of drug-likeness (QED) is 0.800. The average molecular weight is 307 g/mol. The van der Waals surface area contributed by atoms with Crippen LogP contribution < -0.4 is 0 Å². The monoisotopic (exact) mass is 306 g/mol. The fourth-order valence-corrected chi connectivity index (χ4v) is 2.51. The van der Waals surface area contributed by atoms with Gasteiger partial charge in [0, 0.05) is 31.6 Å². The van der Waals surface area contributed by atoms with Gasteiger partial charge in [-0.2, -0.15) is 0 Å². The molecular weight excluding hydrogens is 286 g/mol. The van der Waals surface area contributed by atoms with Crippen molar-refractivity contribution >= 4 is 26.7 Å². The number of hydrogen-bond donors (Lipinski definition) is 0. The minimum Gasteiger partial charge on any atom is -0.259 e. The molecule has 1 aromatic rings. The molecule has 0 saturated carbocycles. The lowest BCUT2D eigenvalue weighted by molar-refractivity contribution is 0.642. The Morgan fingerprint density at radius 2 is 2.31 bits per heavy atom. The Balaban J connectivity index is 3.08. The molecule has 0 bridgehead atoms. The van der Waals surface area contributed by atoms with Crippen molar-refractivity contribution in [2.75, 3.05) is 5.75 Å². The summed E-state index contributed by atoms with van der Waals surface area (Å²) in [5, 5.41) is 0. The van der Waals surface area contributed by atoms with Crippen LogP contribution in [0.25, 0.3) is 0 Å². The van der Waals surface area contributed by atoms with Crippen LogP contribution >= 0.6 is 15.9 Å². The molecule has 0 radical (unpaired) electrons. The van der Waals surface area contributed by atoms with E-state index in [1.54, 1.807) is 18.3 Å². The molecule has 4 heteroatoms. The van der Waals surface area contributed by atoms with Gasteiger partial charge in [0.15, 0.2) is 0 Å². The van der Waals surface area contributed by atoms with Crippen molar-refractivity contribution in [2.24, 2.45) is 0 Å². The maximum absolute atomic E-state index is 12.2. The first-order chi connectivity index (χ1) is 8.51.